The number of aliphatic hydroxyl groups is 1. The number of hydrogen-bond acceptors (Lipinski definition) is 4. The first-order valence-corrected chi connectivity index (χ1v) is 8.41. The average molecular weight is 261 g/mol. The normalized spacial score (nSPS) is 37.3. The predicted octanol–water partition coefficient (Wildman–Crippen LogP) is 0.978. The first-order valence-electron chi connectivity index (χ1n) is 6.59. The molecule has 0 radical (unpaired) electrons. The number of rotatable bonds is 1. The molecule has 0 aromatic carbocycles. The summed E-state index contributed by atoms with van der Waals surface area (Å²) in [5.74, 6) is -0.0566. The van der Waals surface area contributed by atoms with Gasteiger partial charge < -0.3 is 10.8 Å². The van der Waals surface area contributed by atoms with Crippen molar-refractivity contribution in [1.29, 1.82) is 0 Å². The first kappa shape index (κ1) is 13.3. The van der Waals surface area contributed by atoms with Crippen molar-refractivity contribution in [3.05, 3.63) is 0 Å². The van der Waals surface area contributed by atoms with Crippen LogP contribution in [0.25, 0.3) is 0 Å². The third-order valence-electron chi connectivity index (χ3n) is 4.46. The van der Waals surface area contributed by atoms with Crippen LogP contribution < -0.4 is 5.73 Å². The Bertz CT molecular complexity index is 371. The summed E-state index contributed by atoms with van der Waals surface area (Å²) in [6.45, 7) is 0. The molecule has 2 rings (SSSR count). The summed E-state index contributed by atoms with van der Waals surface area (Å²) in [6.07, 6.45) is 7.32. The van der Waals surface area contributed by atoms with E-state index in [-0.39, 0.29) is 11.5 Å². The van der Waals surface area contributed by atoms with Crippen LogP contribution in [0.5, 0.6) is 0 Å². The molecule has 0 amide bonds. The Labute approximate surface area is 104 Å². The van der Waals surface area contributed by atoms with Crippen molar-refractivity contribution >= 4 is 9.84 Å². The summed E-state index contributed by atoms with van der Waals surface area (Å²) < 4.78 is 23.1. The second-order valence-corrected chi connectivity index (χ2v) is 7.98. The highest BCUT2D eigenvalue weighted by Crippen LogP contribution is 2.39. The van der Waals surface area contributed by atoms with E-state index >= 15 is 0 Å². The van der Waals surface area contributed by atoms with Crippen molar-refractivity contribution in [2.24, 2.45) is 5.73 Å². The first-order chi connectivity index (χ1) is 7.87. The van der Waals surface area contributed by atoms with Crippen molar-refractivity contribution < 1.29 is 13.5 Å². The molecular formula is C12H23NO3S. The van der Waals surface area contributed by atoms with Crippen molar-refractivity contribution in [2.75, 3.05) is 11.5 Å². The molecule has 5 heteroatoms. The lowest BCUT2D eigenvalue weighted by Crippen LogP contribution is -2.61. The van der Waals surface area contributed by atoms with Gasteiger partial charge in [-0.25, -0.2) is 8.42 Å². The summed E-state index contributed by atoms with van der Waals surface area (Å²) in [5.41, 5.74) is 4.49. The van der Waals surface area contributed by atoms with Gasteiger partial charge in [-0.1, -0.05) is 32.1 Å². The van der Waals surface area contributed by atoms with Gasteiger partial charge in [0.05, 0.1) is 17.1 Å². The lowest BCUT2D eigenvalue weighted by Gasteiger charge is -2.43. The molecule has 3 N–H and O–H groups in total. The smallest absolute Gasteiger partial charge is 0.153 e. The van der Waals surface area contributed by atoms with Gasteiger partial charge in [0, 0.05) is 5.54 Å². The fraction of sp³-hybridized carbons (Fsp3) is 1.00. The second-order valence-electron chi connectivity index (χ2n) is 5.80. The maximum Gasteiger partial charge on any atom is 0.153 e. The molecule has 0 aromatic rings. The third kappa shape index (κ3) is 2.66. The van der Waals surface area contributed by atoms with Crippen LogP contribution in [0, 0.1) is 0 Å². The van der Waals surface area contributed by atoms with Gasteiger partial charge in [0.1, 0.15) is 0 Å². The van der Waals surface area contributed by atoms with Crippen molar-refractivity contribution in [3.8, 4) is 0 Å². The Balaban J connectivity index is 2.18. The fourth-order valence-electron chi connectivity index (χ4n) is 3.23. The topological polar surface area (TPSA) is 80.4 Å². The lowest BCUT2D eigenvalue weighted by atomic mass is 9.72. The van der Waals surface area contributed by atoms with Gasteiger partial charge >= 0.3 is 0 Å². The van der Waals surface area contributed by atoms with Gasteiger partial charge in [0.15, 0.2) is 9.84 Å². The monoisotopic (exact) mass is 261 g/mol. The van der Waals surface area contributed by atoms with E-state index in [4.69, 9.17) is 5.73 Å². The summed E-state index contributed by atoms with van der Waals surface area (Å²) >= 11 is 0. The van der Waals surface area contributed by atoms with Crippen molar-refractivity contribution in [1.82, 2.24) is 0 Å². The maximum atomic E-state index is 11.6. The highest BCUT2D eigenvalue weighted by atomic mass is 32.2. The number of nitrogens with two attached hydrogens (primary N) is 1. The molecule has 1 atom stereocenters. The SMILES string of the molecule is NC1(C2(O)CCS(=O)(=O)C2)CCCCCCC1. The highest BCUT2D eigenvalue weighted by Gasteiger charge is 2.53. The van der Waals surface area contributed by atoms with Crippen LogP contribution in [-0.4, -0.2) is 36.2 Å². The molecular weight excluding hydrogens is 238 g/mol. The summed E-state index contributed by atoms with van der Waals surface area (Å²) in [4.78, 5) is 0. The van der Waals surface area contributed by atoms with Gasteiger partial charge in [-0.15, -0.1) is 0 Å². The molecule has 2 fully saturated rings. The Morgan fingerprint density at radius 1 is 0.941 bits per heavy atom. The van der Waals surface area contributed by atoms with E-state index in [2.05, 4.69) is 0 Å². The van der Waals surface area contributed by atoms with Crippen LogP contribution in [0.1, 0.15) is 51.4 Å². The highest BCUT2D eigenvalue weighted by molar-refractivity contribution is 7.91. The zero-order valence-corrected chi connectivity index (χ0v) is 11.1. The Hall–Kier alpha value is -0.130. The molecule has 2 aliphatic rings. The lowest BCUT2D eigenvalue weighted by molar-refractivity contribution is -0.0249. The van der Waals surface area contributed by atoms with Crippen LogP contribution in [-0.2, 0) is 9.84 Å². The molecule has 100 valence electrons. The van der Waals surface area contributed by atoms with E-state index in [1.165, 1.54) is 6.42 Å². The van der Waals surface area contributed by atoms with E-state index < -0.39 is 21.0 Å². The number of hydrogen-bond donors (Lipinski definition) is 2. The number of sulfone groups is 1. The molecule has 1 saturated heterocycles. The molecule has 1 unspecified atom stereocenters. The van der Waals surface area contributed by atoms with Gasteiger partial charge in [-0.3, -0.25) is 0 Å². The van der Waals surface area contributed by atoms with Gasteiger partial charge in [-0.2, -0.15) is 0 Å². The third-order valence-corrected chi connectivity index (χ3v) is 6.20. The fourth-order valence-corrected chi connectivity index (χ4v) is 5.18. The Morgan fingerprint density at radius 2 is 1.47 bits per heavy atom. The van der Waals surface area contributed by atoms with Gasteiger partial charge in [-0.05, 0) is 19.3 Å². The van der Waals surface area contributed by atoms with E-state index in [1.807, 2.05) is 0 Å². The predicted molar refractivity (Wildman–Crippen MR) is 67.5 cm³/mol. The molecule has 17 heavy (non-hydrogen) atoms. The molecule has 0 spiro atoms. The molecule has 0 aromatic heterocycles. The van der Waals surface area contributed by atoms with Gasteiger partial charge in [0.25, 0.3) is 0 Å². The van der Waals surface area contributed by atoms with Crippen LogP contribution in [0.4, 0.5) is 0 Å². The minimum Gasteiger partial charge on any atom is -0.387 e. The zero-order valence-electron chi connectivity index (χ0n) is 10.3. The molecule has 1 saturated carbocycles. The summed E-state index contributed by atoms with van der Waals surface area (Å²) in [7, 11) is -3.09. The maximum absolute atomic E-state index is 11.6. The molecule has 1 heterocycles. The Kier molecular flexibility index (Phi) is 3.54. The van der Waals surface area contributed by atoms with Crippen molar-refractivity contribution in [3.63, 3.8) is 0 Å². The largest absolute Gasteiger partial charge is 0.387 e. The standard InChI is InChI=1S/C12H23NO3S/c13-11(6-4-2-1-3-5-7-11)12(14)8-9-17(15,16)10-12/h14H,1-10,13H2. The summed E-state index contributed by atoms with van der Waals surface area (Å²) in [5, 5.41) is 10.6. The van der Waals surface area contributed by atoms with Crippen LogP contribution in [0.3, 0.4) is 0 Å². The Morgan fingerprint density at radius 3 is 1.94 bits per heavy atom. The minimum absolute atomic E-state index is 0.0858. The van der Waals surface area contributed by atoms with Crippen molar-refractivity contribution in [2.45, 2.75) is 62.5 Å². The molecule has 1 aliphatic heterocycles. The quantitative estimate of drug-likeness (QED) is 0.737. The molecule has 0 bridgehead atoms. The van der Waals surface area contributed by atoms with E-state index in [0.29, 0.717) is 6.42 Å². The van der Waals surface area contributed by atoms with E-state index in [0.717, 1.165) is 38.5 Å². The molecule has 4 nitrogen and oxygen atoms in total. The van der Waals surface area contributed by atoms with Crippen LogP contribution >= 0.6 is 0 Å². The van der Waals surface area contributed by atoms with Crippen LogP contribution in [0.2, 0.25) is 0 Å². The molecule has 1 aliphatic carbocycles. The average Bonchev–Trinajstić information content (AvgIpc) is 2.49. The second kappa shape index (κ2) is 4.52. The van der Waals surface area contributed by atoms with Gasteiger partial charge in [0.2, 0.25) is 0 Å². The summed E-state index contributed by atoms with van der Waals surface area (Å²) in [6, 6.07) is 0. The van der Waals surface area contributed by atoms with Crippen LogP contribution in [0.15, 0.2) is 0 Å². The minimum atomic E-state index is -3.09. The van der Waals surface area contributed by atoms with E-state index in [1.54, 1.807) is 0 Å². The van der Waals surface area contributed by atoms with E-state index in [9.17, 15) is 13.5 Å². The zero-order chi connectivity index (χ0) is 12.6.